The summed E-state index contributed by atoms with van der Waals surface area (Å²) in [6.45, 7) is 4.45. The Labute approximate surface area is 150 Å². The lowest BCUT2D eigenvalue weighted by molar-refractivity contribution is -0.118. The van der Waals surface area contributed by atoms with Crippen molar-refractivity contribution < 1.29 is 4.79 Å². The molecule has 1 amide bonds. The Bertz CT molecular complexity index is 601. The van der Waals surface area contributed by atoms with Gasteiger partial charge in [-0.05, 0) is 60.9 Å². The van der Waals surface area contributed by atoms with Gasteiger partial charge >= 0.3 is 0 Å². The summed E-state index contributed by atoms with van der Waals surface area (Å²) in [4.78, 5) is 10.8. The molecule has 2 unspecified atom stereocenters. The Balaban J connectivity index is 1.53. The quantitative estimate of drug-likeness (QED) is 0.722. The third-order valence-corrected chi connectivity index (χ3v) is 5.47. The van der Waals surface area contributed by atoms with Gasteiger partial charge in [-0.3, -0.25) is 4.79 Å². The molecule has 2 atom stereocenters. The number of amides is 1. The Hall–Kier alpha value is -1.43. The molecule has 138 valence electrons. The third kappa shape index (κ3) is 5.27. The highest BCUT2D eigenvalue weighted by Crippen LogP contribution is 2.42. The van der Waals surface area contributed by atoms with Gasteiger partial charge in [0.25, 0.3) is 0 Å². The minimum atomic E-state index is -0.227. The van der Waals surface area contributed by atoms with E-state index in [1.54, 1.807) is 0 Å². The van der Waals surface area contributed by atoms with Crippen molar-refractivity contribution in [3.8, 4) is 0 Å². The lowest BCUT2D eigenvalue weighted by Crippen LogP contribution is -2.31. The molecule has 3 rings (SSSR count). The molecule has 1 aromatic rings. The van der Waals surface area contributed by atoms with E-state index < -0.39 is 0 Å². The van der Waals surface area contributed by atoms with Crippen molar-refractivity contribution in [1.82, 2.24) is 10.4 Å². The minimum Gasteiger partial charge on any atom is -0.785 e. The van der Waals surface area contributed by atoms with Crippen LogP contribution in [0.4, 0.5) is 0 Å². The summed E-state index contributed by atoms with van der Waals surface area (Å²) < 4.78 is 0. The van der Waals surface area contributed by atoms with Gasteiger partial charge in [0.1, 0.15) is 0 Å². The fraction of sp³-hybridized carbons (Fsp3) is 0.650. The van der Waals surface area contributed by atoms with Crippen LogP contribution in [0.15, 0.2) is 18.2 Å². The molecule has 0 aromatic heterocycles. The van der Waals surface area contributed by atoms with Crippen LogP contribution in [0.1, 0.15) is 61.8 Å². The summed E-state index contributed by atoms with van der Waals surface area (Å²) in [6.07, 6.45) is 5.73. The summed E-state index contributed by atoms with van der Waals surface area (Å²) >= 11 is 0. The maximum atomic E-state index is 12.2. The van der Waals surface area contributed by atoms with Crippen LogP contribution in [0.2, 0.25) is 0 Å². The van der Waals surface area contributed by atoms with Crippen LogP contribution >= 0.6 is 0 Å². The van der Waals surface area contributed by atoms with Crippen LogP contribution < -0.4 is 11.1 Å². The number of hydroxylamine groups is 2. The first-order valence-electron chi connectivity index (χ1n) is 9.57. The fourth-order valence-electron chi connectivity index (χ4n) is 3.72. The molecule has 5 nitrogen and oxygen atoms in total. The van der Waals surface area contributed by atoms with Crippen LogP contribution in [-0.4, -0.2) is 24.1 Å². The first kappa shape index (κ1) is 18.4. The summed E-state index contributed by atoms with van der Waals surface area (Å²) in [5.41, 5.74) is 9.05. The van der Waals surface area contributed by atoms with Crippen LogP contribution in [0.5, 0.6) is 0 Å². The molecule has 0 saturated heterocycles. The molecule has 1 aliphatic heterocycles. The van der Waals surface area contributed by atoms with E-state index in [-0.39, 0.29) is 11.9 Å². The van der Waals surface area contributed by atoms with Crippen molar-refractivity contribution >= 4 is 5.91 Å². The van der Waals surface area contributed by atoms with Crippen molar-refractivity contribution in [3.05, 3.63) is 40.1 Å². The molecule has 3 N–H and O–H groups in total. The molecule has 0 spiro atoms. The Morgan fingerprint density at radius 2 is 2.24 bits per heavy atom. The van der Waals surface area contributed by atoms with Crippen molar-refractivity contribution in [1.29, 1.82) is 0 Å². The number of benzene rings is 1. The van der Waals surface area contributed by atoms with Crippen LogP contribution in [0, 0.1) is 17.0 Å². The Morgan fingerprint density at radius 1 is 1.44 bits per heavy atom. The van der Waals surface area contributed by atoms with Crippen molar-refractivity contribution in [2.24, 2.45) is 17.6 Å². The molecule has 1 aliphatic carbocycles. The topological polar surface area (TPSA) is 81.4 Å². The number of carbonyl (C=O) groups excluding carboxylic acids is 1. The molecular formula is C20H30N3O2-. The molecule has 1 aromatic carbocycles. The summed E-state index contributed by atoms with van der Waals surface area (Å²) in [5, 5.41) is 17.0. The van der Waals surface area contributed by atoms with Gasteiger partial charge in [0.2, 0.25) is 5.91 Å². The van der Waals surface area contributed by atoms with Crippen LogP contribution in [-0.2, 0) is 17.8 Å². The number of fused-ring (bicyclic) bond motifs is 1. The molecule has 2 aliphatic rings. The largest absolute Gasteiger partial charge is 0.785 e. The lowest BCUT2D eigenvalue weighted by atomic mass is 9.89. The summed E-state index contributed by atoms with van der Waals surface area (Å²) in [6, 6.07) is 6.65. The second-order valence-corrected chi connectivity index (χ2v) is 7.86. The number of rotatable bonds is 9. The van der Waals surface area contributed by atoms with E-state index in [1.165, 1.54) is 34.6 Å². The third-order valence-electron chi connectivity index (χ3n) is 5.47. The van der Waals surface area contributed by atoms with Gasteiger partial charge in [0.05, 0.1) is 0 Å². The van der Waals surface area contributed by atoms with Crippen molar-refractivity contribution in [2.75, 3.05) is 13.1 Å². The predicted molar refractivity (Wildman–Crippen MR) is 99.6 cm³/mol. The van der Waals surface area contributed by atoms with Crippen LogP contribution in [0.3, 0.4) is 0 Å². The number of hydrogen-bond acceptors (Lipinski definition) is 4. The number of carbonyl (C=O) groups is 1. The zero-order valence-electron chi connectivity index (χ0n) is 15.2. The van der Waals surface area contributed by atoms with E-state index in [0.717, 1.165) is 38.3 Å². The van der Waals surface area contributed by atoms with E-state index in [4.69, 9.17) is 5.73 Å². The lowest BCUT2D eigenvalue weighted by Gasteiger charge is -2.42. The first-order chi connectivity index (χ1) is 12.0. The second kappa shape index (κ2) is 8.30. The molecule has 1 saturated carbocycles. The number of primary amides is 1. The van der Waals surface area contributed by atoms with Gasteiger partial charge in [-0.2, -0.15) is 0 Å². The smallest absolute Gasteiger partial charge is 0.217 e. The van der Waals surface area contributed by atoms with E-state index >= 15 is 0 Å². The highest BCUT2D eigenvalue weighted by molar-refractivity contribution is 5.73. The van der Waals surface area contributed by atoms with E-state index in [9.17, 15) is 10.0 Å². The Morgan fingerprint density at radius 3 is 2.96 bits per heavy atom. The minimum absolute atomic E-state index is 0.0621. The number of nitrogens with two attached hydrogens (primary N) is 1. The second-order valence-electron chi connectivity index (χ2n) is 7.86. The molecule has 0 radical (unpaired) electrons. The highest BCUT2D eigenvalue weighted by atomic mass is 16.5. The predicted octanol–water partition coefficient (Wildman–Crippen LogP) is 2.87. The number of nitrogens with zero attached hydrogens (tertiary/aromatic N) is 1. The maximum absolute atomic E-state index is 12.2. The fourth-order valence-corrected chi connectivity index (χ4v) is 3.72. The highest BCUT2D eigenvalue weighted by Gasteiger charge is 2.29. The van der Waals surface area contributed by atoms with Crippen molar-refractivity contribution in [2.45, 2.75) is 58.0 Å². The monoisotopic (exact) mass is 344 g/mol. The van der Waals surface area contributed by atoms with E-state index in [1.807, 2.05) is 0 Å². The molecule has 1 fully saturated rings. The van der Waals surface area contributed by atoms with Gasteiger partial charge in [0.15, 0.2) is 0 Å². The van der Waals surface area contributed by atoms with Gasteiger partial charge < -0.3 is 21.3 Å². The standard InChI is InChI=1S/C20H30N3O2/c1-14(2-7-20(21)24)12-22-13-16-5-6-18-17(10-16)8-9-23(25)19(18)11-15-3-4-15/h5-6,10,14-15,19,22H,2-4,7-9,11-13H2,1H3,(H2,21,24)/q-1. The zero-order valence-corrected chi connectivity index (χ0v) is 15.2. The Kier molecular flexibility index (Phi) is 6.10. The number of hydrogen-bond donors (Lipinski definition) is 2. The summed E-state index contributed by atoms with van der Waals surface area (Å²) in [7, 11) is 0. The van der Waals surface area contributed by atoms with Gasteiger partial charge in [0, 0.05) is 19.0 Å². The van der Waals surface area contributed by atoms with Crippen molar-refractivity contribution in [3.63, 3.8) is 0 Å². The molecule has 0 bridgehead atoms. The average Bonchev–Trinajstić information content (AvgIpc) is 3.40. The van der Waals surface area contributed by atoms with E-state index in [0.29, 0.717) is 18.9 Å². The molecule has 5 heteroatoms. The molecule has 1 heterocycles. The average molecular weight is 344 g/mol. The normalized spacial score (nSPS) is 21.8. The van der Waals surface area contributed by atoms with Gasteiger partial charge in [-0.1, -0.05) is 38.0 Å². The van der Waals surface area contributed by atoms with Gasteiger partial charge in [-0.15, -0.1) is 0 Å². The molecule has 25 heavy (non-hydrogen) atoms. The van der Waals surface area contributed by atoms with Gasteiger partial charge in [-0.25, -0.2) is 0 Å². The van der Waals surface area contributed by atoms with Crippen LogP contribution in [0.25, 0.3) is 0 Å². The summed E-state index contributed by atoms with van der Waals surface area (Å²) in [5.74, 6) is 0.965. The van der Waals surface area contributed by atoms with E-state index in [2.05, 4.69) is 30.4 Å². The zero-order chi connectivity index (χ0) is 17.8. The molecular weight excluding hydrogens is 314 g/mol. The maximum Gasteiger partial charge on any atom is 0.217 e. The number of nitrogens with one attached hydrogen (secondary N) is 1. The SMILES string of the molecule is CC(CCC(N)=O)CNCc1ccc2c(c1)CCN([O-])C2CC1CC1. The first-order valence-corrected chi connectivity index (χ1v) is 9.57.